The van der Waals surface area contributed by atoms with E-state index in [0.717, 1.165) is 0 Å². The Hall–Kier alpha value is -2.64. The lowest BCUT2D eigenvalue weighted by atomic mass is 9.89. The number of nitrogens with one attached hydrogen (secondary N) is 1. The van der Waals surface area contributed by atoms with Gasteiger partial charge in [-0.25, -0.2) is 9.38 Å². The van der Waals surface area contributed by atoms with E-state index in [-0.39, 0.29) is 35.4 Å². The molecule has 0 bridgehead atoms. The molecule has 1 aliphatic carbocycles. The van der Waals surface area contributed by atoms with Gasteiger partial charge < -0.3 is 15.8 Å². The third kappa shape index (κ3) is 4.00. The van der Waals surface area contributed by atoms with Gasteiger partial charge in [0.2, 0.25) is 11.8 Å². The summed E-state index contributed by atoms with van der Waals surface area (Å²) in [6.07, 6.45) is 1.44. The van der Waals surface area contributed by atoms with Gasteiger partial charge in [0.25, 0.3) is 0 Å². The number of hydrogen-bond donors (Lipinski definition) is 2. The average molecular weight is 416 g/mol. The minimum absolute atomic E-state index is 0.0249. The average Bonchev–Trinajstić information content (AvgIpc) is 3.35. The number of benzene rings is 1. The summed E-state index contributed by atoms with van der Waals surface area (Å²) in [5.41, 5.74) is 5.38. The van der Waals surface area contributed by atoms with Crippen molar-refractivity contribution in [2.24, 2.45) is 22.6 Å². The van der Waals surface area contributed by atoms with Gasteiger partial charge in [0.15, 0.2) is 5.96 Å². The monoisotopic (exact) mass is 416 g/mol. The number of rotatable bonds is 4. The van der Waals surface area contributed by atoms with Crippen LogP contribution >= 0.6 is 0 Å². The first-order valence-electron chi connectivity index (χ1n) is 10.4. The molecule has 3 aliphatic rings. The van der Waals surface area contributed by atoms with Crippen molar-refractivity contribution in [2.75, 3.05) is 6.54 Å². The van der Waals surface area contributed by atoms with Crippen molar-refractivity contribution in [2.45, 2.75) is 64.1 Å². The molecule has 2 amide bonds. The third-order valence-corrected chi connectivity index (χ3v) is 6.01. The fourth-order valence-electron chi connectivity index (χ4n) is 4.48. The molecule has 2 aliphatic heterocycles. The minimum Gasteiger partial charge on any atom is -0.487 e. The zero-order valence-corrected chi connectivity index (χ0v) is 17.9. The van der Waals surface area contributed by atoms with Crippen LogP contribution in [0.1, 0.15) is 58.6 Å². The molecule has 1 aromatic rings. The summed E-state index contributed by atoms with van der Waals surface area (Å²) < 4.78 is 20.4. The van der Waals surface area contributed by atoms with Crippen LogP contribution in [0.4, 0.5) is 4.39 Å². The smallest absolute Gasteiger partial charge is 0.231 e. The highest BCUT2D eigenvalue weighted by atomic mass is 19.1. The molecule has 0 spiro atoms. The number of amides is 2. The molecule has 7 nitrogen and oxygen atoms in total. The van der Waals surface area contributed by atoms with Crippen LogP contribution in [0.2, 0.25) is 0 Å². The molecule has 3 unspecified atom stereocenters. The van der Waals surface area contributed by atoms with Gasteiger partial charge in [-0.2, -0.15) is 0 Å². The molecule has 4 rings (SSSR count). The SMILES string of the molecule is CC1(C)CC(=O)N(CC2CC2C(=O)NC2CC(C)(C)Oc3cccc(F)c32)C(N)=N1. The van der Waals surface area contributed by atoms with E-state index in [1.165, 1.54) is 11.0 Å². The first-order valence-corrected chi connectivity index (χ1v) is 10.4. The lowest BCUT2D eigenvalue weighted by Gasteiger charge is -2.38. The molecule has 1 fully saturated rings. The number of hydrogen-bond acceptors (Lipinski definition) is 5. The summed E-state index contributed by atoms with van der Waals surface area (Å²) in [6, 6.07) is 4.26. The molecular formula is C22H29FN4O3. The normalized spacial score (nSPS) is 28.8. The fourth-order valence-corrected chi connectivity index (χ4v) is 4.48. The van der Waals surface area contributed by atoms with E-state index in [4.69, 9.17) is 10.5 Å². The van der Waals surface area contributed by atoms with Crippen molar-refractivity contribution in [3.8, 4) is 5.75 Å². The molecule has 162 valence electrons. The van der Waals surface area contributed by atoms with E-state index in [1.54, 1.807) is 12.1 Å². The lowest BCUT2D eigenvalue weighted by Crippen LogP contribution is -2.50. The molecule has 2 heterocycles. The van der Waals surface area contributed by atoms with Crippen LogP contribution in [0.5, 0.6) is 5.75 Å². The Bertz CT molecular complexity index is 927. The highest BCUT2D eigenvalue weighted by molar-refractivity contribution is 5.99. The van der Waals surface area contributed by atoms with Gasteiger partial charge in [-0.3, -0.25) is 14.5 Å². The first-order chi connectivity index (χ1) is 14.0. The minimum atomic E-state index is -0.514. The van der Waals surface area contributed by atoms with Gasteiger partial charge in [0.1, 0.15) is 17.2 Å². The largest absolute Gasteiger partial charge is 0.487 e. The number of ether oxygens (including phenoxy) is 1. The second-order valence-corrected chi connectivity index (χ2v) is 9.84. The summed E-state index contributed by atoms with van der Waals surface area (Å²) in [6.45, 7) is 7.97. The van der Waals surface area contributed by atoms with Gasteiger partial charge in [-0.05, 0) is 52.2 Å². The Morgan fingerprint density at radius 3 is 2.80 bits per heavy atom. The summed E-state index contributed by atoms with van der Waals surface area (Å²) >= 11 is 0. The van der Waals surface area contributed by atoms with Gasteiger partial charge in [-0.1, -0.05) is 6.07 Å². The summed E-state index contributed by atoms with van der Waals surface area (Å²) in [5.74, 6) is -0.0958. The quantitative estimate of drug-likeness (QED) is 0.788. The number of guanidine groups is 1. The van der Waals surface area contributed by atoms with Crippen molar-refractivity contribution in [1.82, 2.24) is 10.2 Å². The zero-order chi connectivity index (χ0) is 21.8. The predicted octanol–water partition coefficient (Wildman–Crippen LogP) is 2.51. The molecule has 30 heavy (non-hydrogen) atoms. The van der Waals surface area contributed by atoms with Gasteiger partial charge in [-0.15, -0.1) is 0 Å². The zero-order valence-electron chi connectivity index (χ0n) is 17.9. The number of carbonyl (C=O) groups excluding carboxylic acids is 2. The van der Waals surface area contributed by atoms with Crippen molar-refractivity contribution < 1.29 is 18.7 Å². The Balaban J connectivity index is 1.42. The van der Waals surface area contributed by atoms with Crippen LogP contribution < -0.4 is 15.8 Å². The van der Waals surface area contributed by atoms with Crippen LogP contribution in [0.25, 0.3) is 0 Å². The number of carbonyl (C=O) groups is 2. The van der Waals surface area contributed by atoms with Crippen LogP contribution in [0.3, 0.4) is 0 Å². The van der Waals surface area contributed by atoms with E-state index in [0.29, 0.717) is 37.1 Å². The summed E-state index contributed by atoms with van der Waals surface area (Å²) in [7, 11) is 0. The van der Waals surface area contributed by atoms with Crippen LogP contribution in [-0.2, 0) is 9.59 Å². The maximum Gasteiger partial charge on any atom is 0.231 e. The van der Waals surface area contributed by atoms with Crippen molar-refractivity contribution in [3.05, 3.63) is 29.6 Å². The van der Waals surface area contributed by atoms with Crippen molar-refractivity contribution >= 4 is 17.8 Å². The predicted molar refractivity (Wildman–Crippen MR) is 110 cm³/mol. The molecule has 3 N–H and O–H groups in total. The van der Waals surface area contributed by atoms with Crippen LogP contribution in [0, 0.1) is 17.7 Å². The maximum atomic E-state index is 14.5. The van der Waals surface area contributed by atoms with Gasteiger partial charge in [0.05, 0.1) is 23.6 Å². The van der Waals surface area contributed by atoms with E-state index in [2.05, 4.69) is 10.3 Å². The fraction of sp³-hybridized carbons (Fsp3) is 0.591. The van der Waals surface area contributed by atoms with Gasteiger partial charge in [0, 0.05) is 18.9 Å². The van der Waals surface area contributed by atoms with Crippen molar-refractivity contribution in [1.29, 1.82) is 0 Å². The van der Waals surface area contributed by atoms with E-state index < -0.39 is 17.2 Å². The standard InChI is InChI=1S/C22H29FN4O3/c1-21(2)10-17(28)27(20(24)26-21)11-12-8-13(12)19(29)25-15-9-22(3,4)30-16-7-5-6-14(23)18(15)16/h5-7,12-13,15H,8-11H2,1-4H3,(H2,24,26)(H,25,29). The molecule has 0 aromatic heterocycles. The Morgan fingerprint density at radius 1 is 1.37 bits per heavy atom. The number of halogens is 1. The molecule has 0 saturated heterocycles. The third-order valence-electron chi connectivity index (χ3n) is 6.01. The molecule has 1 saturated carbocycles. The number of nitrogens with zero attached hydrogens (tertiary/aromatic N) is 2. The summed E-state index contributed by atoms with van der Waals surface area (Å²) in [4.78, 5) is 31.2. The molecule has 1 aromatic carbocycles. The molecule has 8 heteroatoms. The second-order valence-electron chi connectivity index (χ2n) is 9.84. The Kier molecular flexibility index (Phi) is 4.78. The number of nitrogens with two attached hydrogens (primary N) is 1. The first kappa shape index (κ1) is 20.6. The maximum absolute atomic E-state index is 14.5. The second kappa shape index (κ2) is 6.96. The van der Waals surface area contributed by atoms with E-state index in [1.807, 2.05) is 27.7 Å². The van der Waals surface area contributed by atoms with E-state index in [9.17, 15) is 14.0 Å². The molecule has 0 radical (unpaired) electrons. The number of fused-ring (bicyclic) bond motifs is 1. The lowest BCUT2D eigenvalue weighted by molar-refractivity contribution is -0.130. The van der Waals surface area contributed by atoms with E-state index >= 15 is 0 Å². The Morgan fingerprint density at radius 2 is 2.10 bits per heavy atom. The topological polar surface area (TPSA) is 97.0 Å². The molecule has 3 atom stereocenters. The molecular weight excluding hydrogens is 387 g/mol. The van der Waals surface area contributed by atoms with Crippen molar-refractivity contribution in [3.63, 3.8) is 0 Å². The van der Waals surface area contributed by atoms with Crippen LogP contribution in [0.15, 0.2) is 23.2 Å². The van der Waals surface area contributed by atoms with Gasteiger partial charge >= 0.3 is 0 Å². The highest BCUT2D eigenvalue weighted by Crippen LogP contribution is 2.44. The number of aliphatic imine (C=N–C) groups is 1. The highest BCUT2D eigenvalue weighted by Gasteiger charge is 2.47. The summed E-state index contributed by atoms with van der Waals surface area (Å²) in [5, 5.41) is 3.01. The Labute approximate surface area is 175 Å². The van der Waals surface area contributed by atoms with Crippen LogP contribution in [-0.4, -0.2) is 40.4 Å².